The Morgan fingerprint density at radius 1 is 1.10 bits per heavy atom. The topological polar surface area (TPSA) is 125 Å². The van der Waals surface area contributed by atoms with Crippen molar-refractivity contribution < 1.29 is 14.3 Å². The summed E-state index contributed by atoms with van der Waals surface area (Å²) in [5.74, 6) is -0.760. The van der Waals surface area contributed by atoms with Crippen LogP contribution in [0.3, 0.4) is 0 Å². The van der Waals surface area contributed by atoms with Gasteiger partial charge in [0, 0.05) is 29.9 Å². The molecule has 0 bridgehead atoms. The predicted molar refractivity (Wildman–Crippen MR) is 154 cm³/mol. The van der Waals surface area contributed by atoms with Crippen LogP contribution < -0.4 is 16.0 Å². The first-order chi connectivity index (χ1) is 18.8. The van der Waals surface area contributed by atoms with Crippen molar-refractivity contribution in [3.8, 4) is 0 Å². The fourth-order valence-electron chi connectivity index (χ4n) is 4.74. The smallest absolute Gasteiger partial charge is 0.291 e. The fraction of sp³-hybridized carbons (Fsp3) is 0.241. The van der Waals surface area contributed by atoms with Gasteiger partial charge in [0.25, 0.3) is 11.9 Å². The highest BCUT2D eigenvalue weighted by molar-refractivity contribution is 6.34. The van der Waals surface area contributed by atoms with E-state index in [4.69, 9.17) is 32.2 Å². The summed E-state index contributed by atoms with van der Waals surface area (Å²) in [5.41, 5.74) is 10.1. The Kier molecular flexibility index (Phi) is 7.63. The molecule has 1 saturated heterocycles. The van der Waals surface area contributed by atoms with E-state index in [0.717, 1.165) is 29.9 Å². The number of aliphatic imine (C=N–C) groups is 2. The van der Waals surface area contributed by atoms with Crippen LogP contribution >= 0.6 is 11.6 Å². The van der Waals surface area contributed by atoms with Crippen LogP contribution in [0.2, 0.25) is 5.02 Å². The van der Waals surface area contributed by atoms with Crippen LogP contribution in [0.25, 0.3) is 0 Å². The lowest BCUT2D eigenvalue weighted by atomic mass is 10.0. The van der Waals surface area contributed by atoms with Gasteiger partial charge in [-0.3, -0.25) is 10.2 Å². The molecular weight excluding hydrogens is 516 g/mol. The summed E-state index contributed by atoms with van der Waals surface area (Å²) < 4.78 is 11.3. The van der Waals surface area contributed by atoms with E-state index < -0.39 is 12.1 Å². The summed E-state index contributed by atoms with van der Waals surface area (Å²) in [6.45, 7) is 5.55. The molecule has 3 aromatic carbocycles. The predicted octanol–water partition coefficient (Wildman–Crippen LogP) is 4.43. The van der Waals surface area contributed by atoms with Crippen molar-refractivity contribution in [3.05, 3.63) is 94.5 Å². The first-order valence-electron chi connectivity index (χ1n) is 12.6. The second-order valence-electron chi connectivity index (χ2n) is 9.48. The van der Waals surface area contributed by atoms with Gasteiger partial charge in [-0.15, -0.1) is 0 Å². The number of nitrogens with one attached hydrogen (secondary N) is 2. The SMILES string of the molecule is CC1CN(c2ccc(C(=N)O/C(N)=N/C3N=C(c4ccccc4)c4ccccc4NC3=O)c(Cl)c2)CC(C)O1. The number of ether oxygens (including phenoxy) is 2. The molecule has 2 heterocycles. The van der Waals surface area contributed by atoms with Gasteiger partial charge in [0.15, 0.2) is 0 Å². The van der Waals surface area contributed by atoms with Crippen LogP contribution in [0.15, 0.2) is 82.8 Å². The third-order valence-electron chi connectivity index (χ3n) is 6.41. The molecule has 0 saturated carbocycles. The first kappa shape index (κ1) is 26.4. The van der Waals surface area contributed by atoms with Gasteiger partial charge in [-0.1, -0.05) is 60.1 Å². The molecule has 3 atom stereocenters. The average molecular weight is 545 g/mol. The number of nitrogens with two attached hydrogens (primary N) is 1. The molecule has 3 aromatic rings. The van der Waals surface area contributed by atoms with Crippen LogP contribution in [0.1, 0.15) is 30.5 Å². The van der Waals surface area contributed by atoms with E-state index in [1.807, 2.05) is 68.4 Å². The minimum absolute atomic E-state index is 0.101. The van der Waals surface area contributed by atoms with Crippen molar-refractivity contribution in [1.29, 1.82) is 5.41 Å². The normalized spacial score (nSPS) is 21.4. The second-order valence-corrected chi connectivity index (χ2v) is 9.88. The summed E-state index contributed by atoms with van der Waals surface area (Å²) in [6.07, 6.45) is -1.02. The molecule has 39 heavy (non-hydrogen) atoms. The first-order valence-corrected chi connectivity index (χ1v) is 13.0. The number of benzene rings is 3. The van der Waals surface area contributed by atoms with Gasteiger partial charge >= 0.3 is 0 Å². The van der Waals surface area contributed by atoms with E-state index in [0.29, 0.717) is 22.0 Å². The van der Waals surface area contributed by atoms with Crippen LogP contribution in [0.4, 0.5) is 11.4 Å². The Morgan fingerprint density at radius 2 is 1.79 bits per heavy atom. The van der Waals surface area contributed by atoms with Gasteiger partial charge < -0.3 is 25.4 Å². The minimum atomic E-state index is -1.22. The number of para-hydroxylation sites is 1. The Bertz CT molecular complexity index is 1450. The molecule has 10 heteroatoms. The second kappa shape index (κ2) is 11.3. The quantitative estimate of drug-likeness (QED) is 0.331. The number of halogens is 1. The molecule has 2 aliphatic rings. The highest BCUT2D eigenvalue weighted by atomic mass is 35.5. The minimum Gasteiger partial charge on any atom is -0.407 e. The van der Waals surface area contributed by atoms with Gasteiger partial charge in [0.1, 0.15) is 0 Å². The number of carbonyl (C=O) groups is 1. The Morgan fingerprint density at radius 3 is 2.51 bits per heavy atom. The van der Waals surface area contributed by atoms with Gasteiger partial charge in [0.2, 0.25) is 12.1 Å². The van der Waals surface area contributed by atoms with Crippen LogP contribution in [0, 0.1) is 5.41 Å². The number of hydrogen-bond donors (Lipinski definition) is 3. The number of rotatable bonds is 4. The van der Waals surface area contributed by atoms with E-state index in [-0.39, 0.29) is 24.1 Å². The molecule has 1 amide bonds. The number of amidine groups is 1. The lowest BCUT2D eigenvalue weighted by Gasteiger charge is -2.37. The molecule has 4 N–H and O–H groups in total. The Hall–Kier alpha value is -4.21. The Labute approximate surface area is 231 Å². The third-order valence-corrected chi connectivity index (χ3v) is 6.72. The molecule has 0 spiro atoms. The van der Waals surface area contributed by atoms with E-state index in [2.05, 4.69) is 20.2 Å². The summed E-state index contributed by atoms with van der Waals surface area (Å²) >= 11 is 6.53. The van der Waals surface area contributed by atoms with Crippen molar-refractivity contribution in [2.24, 2.45) is 15.7 Å². The average Bonchev–Trinajstić information content (AvgIpc) is 3.04. The van der Waals surface area contributed by atoms with E-state index >= 15 is 0 Å². The molecule has 5 rings (SSSR count). The van der Waals surface area contributed by atoms with E-state index in [9.17, 15) is 4.79 Å². The van der Waals surface area contributed by atoms with Gasteiger partial charge in [-0.05, 0) is 38.1 Å². The molecule has 0 radical (unpaired) electrons. The maximum absolute atomic E-state index is 13.0. The van der Waals surface area contributed by atoms with Gasteiger partial charge in [-0.2, -0.15) is 4.99 Å². The van der Waals surface area contributed by atoms with Crippen molar-refractivity contribution in [1.82, 2.24) is 0 Å². The highest BCUT2D eigenvalue weighted by Crippen LogP contribution is 2.27. The van der Waals surface area contributed by atoms with Crippen LogP contribution in [-0.2, 0) is 14.3 Å². The number of nitrogens with zero attached hydrogens (tertiary/aromatic N) is 3. The summed E-state index contributed by atoms with van der Waals surface area (Å²) in [6, 6.07) is 21.9. The maximum Gasteiger partial charge on any atom is 0.291 e. The van der Waals surface area contributed by atoms with E-state index in [1.54, 1.807) is 18.2 Å². The monoisotopic (exact) mass is 544 g/mol. The molecule has 0 aliphatic carbocycles. The lowest BCUT2D eigenvalue weighted by Crippen LogP contribution is -2.45. The van der Waals surface area contributed by atoms with Crippen molar-refractivity contribution >= 4 is 46.5 Å². The summed E-state index contributed by atoms with van der Waals surface area (Å²) in [4.78, 5) is 24.0. The zero-order valence-electron chi connectivity index (χ0n) is 21.6. The number of anilines is 2. The van der Waals surface area contributed by atoms with Gasteiger partial charge in [-0.25, -0.2) is 4.99 Å². The zero-order chi connectivity index (χ0) is 27.5. The Balaban J connectivity index is 1.37. The van der Waals surface area contributed by atoms with Crippen LogP contribution in [-0.4, -0.2) is 55.0 Å². The molecule has 0 aromatic heterocycles. The summed E-state index contributed by atoms with van der Waals surface area (Å²) in [7, 11) is 0. The number of carbonyl (C=O) groups excluding carboxylic acids is 1. The number of hydrogen-bond acceptors (Lipinski definition) is 7. The molecule has 3 unspecified atom stereocenters. The number of morpholine rings is 1. The fourth-order valence-corrected chi connectivity index (χ4v) is 5.00. The molecule has 2 aliphatic heterocycles. The molecule has 1 fully saturated rings. The summed E-state index contributed by atoms with van der Waals surface area (Å²) in [5, 5.41) is 11.6. The highest BCUT2D eigenvalue weighted by Gasteiger charge is 2.27. The van der Waals surface area contributed by atoms with Crippen LogP contribution in [0.5, 0.6) is 0 Å². The number of amides is 1. The largest absolute Gasteiger partial charge is 0.407 e. The molecule has 200 valence electrons. The lowest BCUT2D eigenvalue weighted by molar-refractivity contribution is -0.117. The molecule has 9 nitrogen and oxygen atoms in total. The van der Waals surface area contributed by atoms with Crippen molar-refractivity contribution in [3.63, 3.8) is 0 Å². The van der Waals surface area contributed by atoms with Crippen molar-refractivity contribution in [2.75, 3.05) is 23.3 Å². The van der Waals surface area contributed by atoms with Gasteiger partial charge in [0.05, 0.1) is 34.2 Å². The van der Waals surface area contributed by atoms with Crippen molar-refractivity contribution in [2.45, 2.75) is 32.2 Å². The third kappa shape index (κ3) is 5.94. The molecular formula is C29H29ClN6O3. The number of benzodiazepines with no additional fused rings is 1. The maximum atomic E-state index is 13.0. The number of fused-ring (bicyclic) bond motifs is 1. The zero-order valence-corrected chi connectivity index (χ0v) is 22.4. The van der Waals surface area contributed by atoms with E-state index in [1.165, 1.54) is 0 Å². The standard InChI is InChI=1S/C29H29ClN6O3/c1-17-15-36(16-18(2)38-17)20-12-13-21(23(30)14-20)26(31)39-29(32)35-27-28(37)33-24-11-7-6-10-22(24)25(34-27)19-8-4-3-5-9-19/h3-14,17-18,27,31H,15-16H2,1-2H3,(H2,32,35)(H,33,37).